The zero-order chi connectivity index (χ0) is 11.3. The quantitative estimate of drug-likeness (QED) is 0.782. The largest absolute Gasteiger partial charge is 0.573 e. The van der Waals surface area contributed by atoms with Gasteiger partial charge in [-0.15, -0.1) is 19.6 Å². The van der Waals surface area contributed by atoms with Gasteiger partial charge in [-0.25, -0.2) is 0 Å². The molecule has 5 heteroatoms. The number of terminal acetylenes is 1. The summed E-state index contributed by atoms with van der Waals surface area (Å²) in [6.45, 7) is 0.319. The normalized spacial score (nSPS) is 10.5. The summed E-state index contributed by atoms with van der Waals surface area (Å²) >= 11 is 0. The van der Waals surface area contributed by atoms with E-state index >= 15 is 0 Å². The third-order valence-electron chi connectivity index (χ3n) is 1.48. The van der Waals surface area contributed by atoms with Gasteiger partial charge in [0.2, 0.25) is 0 Å². The zero-order valence-corrected chi connectivity index (χ0v) is 7.64. The van der Waals surface area contributed by atoms with Crippen LogP contribution in [0.3, 0.4) is 0 Å². The summed E-state index contributed by atoms with van der Waals surface area (Å²) in [6, 6.07) is 5.34. The van der Waals surface area contributed by atoms with Crippen LogP contribution in [0.15, 0.2) is 24.3 Å². The highest BCUT2D eigenvalue weighted by molar-refractivity contribution is 5.47. The number of hydrogen-bond donors (Lipinski definition) is 1. The molecule has 0 aliphatic carbocycles. The van der Waals surface area contributed by atoms with E-state index in [0.29, 0.717) is 12.2 Å². The minimum atomic E-state index is -4.66. The van der Waals surface area contributed by atoms with Gasteiger partial charge in [0.25, 0.3) is 0 Å². The summed E-state index contributed by atoms with van der Waals surface area (Å²) in [6.07, 6.45) is 0.345. The molecule has 0 saturated carbocycles. The third-order valence-corrected chi connectivity index (χ3v) is 1.48. The van der Waals surface area contributed by atoms with Crippen LogP contribution >= 0.6 is 0 Å². The Morgan fingerprint density at radius 2 is 1.87 bits per heavy atom. The summed E-state index contributed by atoms with van der Waals surface area (Å²) in [4.78, 5) is 0. The van der Waals surface area contributed by atoms with E-state index in [4.69, 9.17) is 6.42 Å². The maximum Gasteiger partial charge on any atom is 0.573 e. The minimum Gasteiger partial charge on any atom is -0.406 e. The maximum absolute atomic E-state index is 11.8. The van der Waals surface area contributed by atoms with Gasteiger partial charge in [0.15, 0.2) is 0 Å². The van der Waals surface area contributed by atoms with Crippen molar-refractivity contribution in [2.24, 2.45) is 0 Å². The van der Waals surface area contributed by atoms with Crippen molar-refractivity contribution in [1.82, 2.24) is 0 Å². The number of halogens is 3. The van der Waals surface area contributed by atoms with Gasteiger partial charge >= 0.3 is 6.36 Å². The molecule has 0 saturated heterocycles. The molecule has 0 aromatic heterocycles. The van der Waals surface area contributed by atoms with Gasteiger partial charge in [-0.05, 0) is 24.3 Å². The van der Waals surface area contributed by atoms with Crippen LogP contribution < -0.4 is 10.1 Å². The number of ether oxygens (including phenoxy) is 1. The summed E-state index contributed by atoms with van der Waals surface area (Å²) < 4.78 is 39.0. The topological polar surface area (TPSA) is 21.3 Å². The Balaban J connectivity index is 2.61. The highest BCUT2D eigenvalue weighted by atomic mass is 19.4. The fourth-order valence-electron chi connectivity index (χ4n) is 0.928. The van der Waals surface area contributed by atoms with Gasteiger partial charge in [-0.1, -0.05) is 5.92 Å². The molecule has 0 atom stereocenters. The van der Waals surface area contributed by atoms with Crippen molar-refractivity contribution in [3.63, 3.8) is 0 Å². The lowest BCUT2D eigenvalue weighted by Gasteiger charge is -2.09. The Bertz CT molecular complexity index is 350. The second-order valence-electron chi connectivity index (χ2n) is 2.63. The molecule has 80 valence electrons. The van der Waals surface area contributed by atoms with E-state index < -0.39 is 6.36 Å². The molecular weight excluding hydrogens is 207 g/mol. The van der Waals surface area contributed by atoms with Crippen molar-refractivity contribution in [2.75, 3.05) is 11.9 Å². The first kappa shape index (κ1) is 11.2. The fourth-order valence-corrected chi connectivity index (χ4v) is 0.928. The van der Waals surface area contributed by atoms with Crippen LogP contribution in [0.5, 0.6) is 5.75 Å². The number of nitrogens with one attached hydrogen (secondary N) is 1. The number of benzene rings is 1. The van der Waals surface area contributed by atoms with E-state index in [1.54, 1.807) is 0 Å². The highest BCUT2D eigenvalue weighted by Gasteiger charge is 2.30. The van der Waals surface area contributed by atoms with Crippen molar-refractivity contribution in [3.05, 3.63) is 24.3 Å². The molecule has 0 spiro atoms. The maximum atomic E-state index is 11.8. The lowest BCUT2D eigenvalue weighted by atomic mass is 10.3. The summed E-state index contributed by atoms with van der Waals surface area (Å²) in [7, 11) is 0. The molecule has 2 nitrogen and oxygen atoms in total. The Kier molecular flexibility index (Phi) is 3.45. The minimum absolute atomic E-state index is 0.256. The summed E-state index contributed by atoms with van der Waals surface area (Å²) in [5, 5.41) is 2.81. The molecule has 0 radical (unpaired) electrons. The molecule has 0 aliphatic heterocycles. The molecule has 1 rings (SSSR count). The first-order valence-corrected chi connectivity index (χ1v) is 4.04. The van der Waals surface area contributed by atoms with Crippen LogP contribution in [-0.2, 0) is 0 Å². The standard InChI is InChI=1S/C10H8F3NO/c1-2-7-14-8-3-5-9(6-4-8)15-10(11,12)13/h1,3-6,14H,7H2. The molecule has 1 aromatic carbocycles. The van der Waals surface area contributed by atoms with Gasteiger partial charge in [-0.3, -0.25) is 0 Å². The molecule has 0 unspecified atom stereocenters. The van der Waals surface area contributed by atoms with Crippen LogP contribution in [0.1, 0.15) is 0 Å². The number of alkyl halides is 3. The van der Waals surface area contributed by atoms with E-state index in [2.05, 4.69) is 16.0 Å². The molecule has 0 amide bonds. The van der Waals surface area contributed by atoms with E-state index in [1.165, 1.54) is 24.3 Å². The second-order valence-corrected chi connectivity index (χ2v) is 2.63. The average Bonchev–Trinajstić information content (AvgIpc) is 2.14. The lowest BCUT2D eigenvalue weighted by Crippen LogP contribution is -2.17. The Hall–Kier alpha value is -1.83. The summed E-state index contributed by atoms with van der Waals surface area (Å²) in [5.74, 6) is 2.09. The van der Waals surface area contributed by atoms with Crippen molar-refractivity contribution < 1.29 is 17.9 Å². The molecule has 0 heterocycles. The summed E-state index contributed by atoms with van der Waals surface area (Å²) in [5.41, 5.74) is 0.641. The smallest absolute Gasteiger partial charge is 0.406 e. The molecule has 15 heavy (non-hydrogen) atoms. The van der Waals surface area contributed by atoms with E-state index in [1.807, 2.05) is 0 Å². The number of hydrogen-bond acceptors (Lipinski definition) is 2. The van der Waals surface area contributed by atoms with Crippen LogP contribution in [0.25, 0.3) is 0 Å². The first-order valence-electron chi connectivity index (χ1n) is 4.04. The first-order chi connectivity index (χ1) is 7.01. The lowest BCUT2D eigenvalue weighted by molar-refractivity contribution is -0.274. The molecule has 1 N–H and O–H groups in total. The Morgan fingerprint density at radius 3 is 2.33 bits per heavy atom. The Morgan fingerprint density at radius 1 is 1.27 bits per heavy atom. The number of rotatable bonds is 3. The molecule has 0 fully saturated rings. The molecule has 0 bridgehead atoms. The van der Waals surface area contributed by atoms with Crippen molar-refractivity contribution in [2.45, 2.75) is 6.36 Å². The van der Waals surface area contributed by atoms with Gasteiger partial charge in [0.05, 0.1) is 6.54 Å². The van der Waals surface area contributed by atoms with Crippen LogP contribution in [0, 0.1) is 12.3 Å². The second kappa shape index (κ2) is 4.60. The van der Waals surface area contributed by atoms with Crippen molar-refractivity contribution >= 4 is 5.69 Å². The fraction of sp³-hybridized carbons (Fsp3) is 0.200. The molecule has 0 aliphatic rings. The Labute approximate surface area is 85.1 Å². The van der Waals surface area contributed by atoms with Gasteiger partial charge in [0, 0.05) is 5.69 Å². The van der Waals surface area contributed by atoms with E-state index in [0.717, 1.165) is 0 Å². The van der Waals surface area contributed by atoms with Gasteiger partial charge in [0.1, 0.15) is 5.75 Å². The SMILES string of the molecule is C#CCNc1ccc(OC(F)(F)F)cc1. The predicted octanol–water partition coefficient (Wildman–Crippen LogP) is 2.63. The van der Waals surface area contributed by atoms with E-state index in [9.17, 15) is 13.2 Å². The van der Waals surface area contributed by atoms with Crippen LogP contribution in [0.2, 0.25) is 0 Å². The molecule has 1 aromatic rings. The highest BCUT2D eigenvalue weighted by Crippen LogP contribution is 2.23. The predicted molar refractivity (Wildman–Crippen MR) is 50.4 cm³/mol. The van der Waals surface area contributed by atoms with Crippen molar-refractivity contribution in [3.8, 4) is 18.1 Å². The monoisotopic (exact) mass is 215 g/mol. The van der Waals surface area contributed by atoms with E-state index in [-0.39, 0.29) is 5.75 Å². The van der Waals surface area contributed by atoms with Gasteiger partial charge in [-0.2, -0.15) is 0 Å². The number of anilines is 1. The zero-order valence-electron chi connectivity index (χ0n) is 7.64. The van der Waals surface area contributed by atoms with Gasteiger partial charge < -0.3 is 10.1 Å². The molecular formula is C10H8F3NO. The van der Waals surface area contributed by atoms with Crippen LogP contribution in [0.4, 0.5) is 18.9 Å². The van der Waals surface area contributed by atoms with Crippen LogP contribution in [-0.4, -0.2) is 12.9 Å². The van der Waals surface area contributed by atoms with Crippen molar-refractivity contribution in [1.29, 1.82) is 0 Å². The third kappa shape index (κ3) is 4.27. The average molecular weight is 215 g/mol.